The second kappa shape index (κ2) is 4.39. The lowest BCUT2D eigenvalue weighted by Gasteiger charge is -2.10. The molecular weight excluding hydrogens is 203 g/mol. The highest BCUT2D eigenvalue weighted by Crippen LogP contribution is 2.19. The van der Waals surface area contributed by atoms with Crippen molar-refractivity contribution in [3.8, 4) is 0 Å². The Hall–Kier alpha value is -1.87. The van der Waals surface area contributed by atoms with Crippen LogP contribution in [0.15, 0.2) is 5.34 Å². The van der Waals surface area contributed by atoms with Crippen LogP contribution in [0.4, 0.5) is 4.48 Å². The number of rotatable bonds is 5. The topological polar surface area (TPSA) is 125 Å². The van der Waals surface area contributed by atoms with E-state index in [9.17, 15) is 29.9 Å². The average Bonchev–Trinajstić information content (AvgIpc) is 2.11. The number of hydroxylamine groups is 1. The van der Waals surface area contributed by atoms with Gasteiger partial charge in [0.15, 0.2) is 16.3 Å². The SMILES string of the molecule is CCCC([N+](=O)[O-])([N+](=O)[O-])[N+]([O-])=NF. The highest BCUT2D eigenvalue weighted by molar-refractivity contribution is 4.50. The Labute approximate surface area is 76.6 Å². The van der Waals surface area contributed by atoms with Crippen LogP contribution in [-0.4, -0.2) is 20.5 Å². The lowest BCUT2D eigenvalue weighted by atomic mass is 10.2. The standard InChI is InChI=1S/C4H7FN4O5/c1-2-3-4(8(11)12,9(13)14)7(10)6-5/h2-3H2,1H3. The van der Waals surface area contributed by atoms with Gasteiger partial charge in [0.1, 0.15) is 0 Å². The predicted octanol–water partition coefficient (Wildman–Crippen LogP) is 0.841. The van der Waals surface area contributed by atoms with Crippen molar-refractivity contribution in [1.82, 2.24) is 0 Å². The fourth-order valence-corrected chi connectivity index (χ4v) is 0.881. The van der Waals surface area contributed by atoms with E-state index >= 15 is 0 Å². The molecule has 0 heterocycles. The molecule has 0 fully saturated rings. The zero-order valence-corrected chi connectivity index (χ0v) is 7.12. The third kappa shape index (κ3) is 1.72. The van der Waals surface area contributed by atoms with Gasteiger partial charge in [-0.05, 0) is 10.9 Å². The quantitative estimate of drug-likeness (QED) is 0.218. The van der Waals surface area contributed by atoms with Crippen LogP contribution in [0.3, 0.4) is 0 Å². The minimum absolute atomic E-state index is 0.0315. The van der Waals surface area contributed by atoms with E-state index in [-0.39, 0.29) is 6.42 Å². The Morgan fingerprint density at radius 2 is 1.71 bits per heavy atom. The van der Waals surface area contributed by atoms with Crippen molar-refractivity contribution >= 4 is 0 Å². The molecule has 0 amide bonds. The lowest BCUT2D eigenvalue weighted by Crippen LogP contribution is -2.53. The molecule has 0 unspecified atom stereocenters. The van der Waals surface area contributed by atoms with Crippen LogP contribution >= 0.6 is 0 Å². The van der Waals surface area contributed by atoms with Gasteiger partial charge in [-0.15, -0.1) is 0 Å². The number of hydrogen-bond acceptors (Lipinski definition) is 6. The lowest BCUT2D eigenvalue weighted by molar-refractivity contribution is -0.984. The second-order valence-electron chi connectivity index (χ2n) is 2.39. The maximum absolute atomic E-state index is 11.6. The van der Waals surface area contributed by atoms with Crippen LogP contribution < -0.4 is 0 Å². The molecule has 0 aliphatic heterocycles. The molecular formula is C4H7FN4O5. The maximum Gasteiger partial charge on any atom is 0.683 e. The molecule has 0 bridgehead atoms. The average molecular weight is 210 g/mol. The molecule has 14 heavy (non-hydrogen) atoms. The summed E-state index contributed by atoms with van der Waals surface area (Å²) in [6, 6.07) is 0. The van der Waals surface area contributed by atoms with E-state index < -0.39 is 26.9 Å². The summed E-state index contributed by atoms with van der Waals surface area (Å²) in [6.07, 6.45) is -0.764. The molecule has 0 aliphatic carbocycles. The Bertz CT molecular complexity index is 265. The van der Waals surface area contributed by atoms with Crippen molar-refractivity contribution in [2.75, 3.05) is 0 Å². The van der Waals surface area contributed by atoms with Gasteiger partial charge in [0.05, 0.1) is 4.86 Å². The minimum Gasteiger partial charge on any atom is -0.587 e. The van der Waals surface area contributed by atoms with E-state index in [4.69, 9.17) is 0 Å². The second-order valence-corrected chi connectivity index (χ2v) is 2.39. The summed E-state index contributed by atoms with van der Waals surface area (Å²) in [5.41, 5.74) is 0. The molecule has 0 rings (SSSR count). The van der Waals surface area contributed by atoms with E-state index in [0.717, 1.165) is 0 Å². The fourth-order valence-electron chi connectivity index (χ4n) is 0.881. The smallest absolute Gasteiger partial charge is 0.587 e. The molecule has 0 aromatic carbocycles. The summed E-state index contributed by atoms with van der Waals surface area (Å²) < 4.78 is 11.6. The first-order chi connectivity index (χ1) is 6.43. The molecule has 80 valence electrons. The molecule has 0 aliphatic rings. The summed E-state index contributed by atoms with van der Waals surface area (Å²) >= 11 is 0. The molecule has 0 aromatic heterocycles. The van der Waals surface area contributed by atoms with Crippen LogP contribution in [0, 0.1) is 25.4 Å². The number of hydrogen-bond donors (Lipinski definition) is 0. The Morgan fingerprint density at radius 1 is 1.29 bits per heavy atom. The number of nitrogens with zero attached hydrogens (tertiary/aromatic N) is 4. The van der Waals surface area contributed by atoms with Gasteiger partial charge >= 0.3 is 5.79 Å². The Kier molecular flexibility index (Phi) is 3.80. The van der Waals surface area contributed by atoms with Crippen molar-refractivity contribution in [3.63, 3.8) is 0 Å². The maximum atomic E-state index is 11.6. The van der Waals surface area contributed by atoms with Crippen molar-refractivity contribution < 1.29 is 19.2 Å². The third-order valence-electron chi connectivity index (χ3n) is 1.55. The van der Waals surface area contributed by atoms with E-state index in [2.05, 4.69) is 0 Å². The molecule has 0 radical (unpaired) electrons. The van der Waals surface area contributed by atoms with Gasteiger partial charge in [-0.25, -0.2) is 0 Å². The first kappa shape index (κ1) is 12.1. The zero-order chi connectivity index (χ0) is 11.4. The van der Waals surface area contributed by atoms with Crippen LogP contribution in [-0.2, 0) is 0 Å². The molecule has 0 N–H and O–H groups in total. The Balaban J connectivity index is 5.38. The minimum atomic E-state index is -3.26. The molecule has 0 saturated heterocycles. The first-order valence-corrected chi connectivity index (χ1v) is 3.51. The highest BCUT2D eigenvalue weighted by atomic mass is 19.2. The summed E-state index contributed by atoms with van der Waals surface area (Å²) in [5, 5.41) is 32.7. The molecule has 0 spiro atoms. The van der Waals surface area contributed by atoms with E-state index in [1.807, 2.05) is 0 Å². The highest BCUT2D eigenvalue weighted by Gasteiger charge is 2.67. The zero-order valence-electron chi connectivity index (χ0n) is 7.12. The van der Waals surface area contributed by atoms with E-state index in [1.54, 1.807) is 0 Å². The molecule has 10 heteroatoms. The van der Waals surface area contributed by atoms with Crippen molar-refractivity contribution in [3.05, 3.63) is 25.4 Å². The van der Waals surface area contributed by atoms with Gasteiger partial charge in [0.2, 0.25) is 5.34 Å². The molecule has 0 saturated carbocycles. The predicted molar refractivity (Wildman–Crippen MR) is 38.8 cm³/mol. The Morgan fingerprint density at radius 3 is 1.93 bits per heavy atom. The largest absolute Gasteiger partial charge is 0.683 e. The van der Waals surface area contributed by atoms with Gasteiger partial charge in [-0.2, -0.15) is 0 Å². The van der Waals surface area contributed by atoms with Crippen LogP contribution in [0.5, 0.6) is 0 Å². The monoisotopic (exact) mass is 210 g/mol. The molecule has 0 atom stereocenters. The fraction of sp³-hybridized carbons (Fsp3) is 1.00. The van der Waals surface area contributed by atoms with Crippen molar-refractivity contribution in [2.45, 2.75) is 25.6 Å². The van der Waals surface area contributed by atoms with Crippen LogP contribution in [0.1, 0.15) is 19.8 Å². The van der Waals surface area contributed by atoms with Gasteiger partial charge in [-0.1, -0.05) is 6.92 Å². The van der Waals surface area contributed by atoms with Gasteiger partial charge in [0, 0.05) is 0 Å². The number of nitro groups is 2. The van der Waals surface area contributed by atoms with Crippen molar-refractivity contribution in [1.29, 1.82) is 0 Å². The first-order valence-electron chi connectivity index (χ1n) is 3.51. The van der Waals surface area contributed by atoms with Gasteiger partial charge < -0.3 is 5.21 Å². The van der Waals surface area contributed by atoms with Crippen LogP contribution in [0.2, 0.25) is 0 Å². The molecule has 0 aromatic rings. The molecule has 9 nitrogen and oxygen atoms in total. The van der Waals surface area contributed by atoms with Crippen molar-refractivity contribution in [2.24, 2.45) is 5.34 Å². The van der Waals surface area contributed by atoms with E-state index in [1.165, 1.54) is 12.3 Å². The third-order valence-corrected chi connectivity index (χ3v) is 1.55. The van der Waals surface area contributed by atoms with Gasteiger partial charge in [0.25, 0.3) is 0 Å². The normalized spacial score (nSPS) is 12.6. The number of halogens is 1. The van der Waals surface area contributed by atoms with Gasteiger partial charge in [-0.3, -0.25) is 20.2 Å². The summed E-state index contributed by atoms with van der Waals surface area (Å²) in [7, 11) is 0. The summed E-state index contributed by atoms with van der Waals surface area (Å²) in [6.45, 7) is 1.38. The van der Waals surface area contributed by atoms with Crippen LogP contribution in [0.25, 0.3) is 0 Å². The summed E-state index contributed by atoms with van der Waals surface area (Å²) in [5.74, 6) is -3.26. The van der Waals surface area contributed by atoms with E-state index in [0.29, 0.717) is 0 Å². The summed E-state index contributed by atoms with van der Waals surface area (Å²) in [4.78, 5) is 16.6.